The maximum Gasteiger partial charge on any atom is 0.265 e. The number of fused-ring (bicyclic) bond motifs is 1. The van der Waals surface area contributed by atoms with Gasteiger partial charge in [-0.05, 0) is 41.8 Å². The quantitative estimate of drug-likeness (QED) is 0.783. The number of pyridine rings is 1. The van der Waals surface area contributed by atoms with Gasteiger partial charge in [0.1, 0.15) is 11.5 Å². The summed E-state index contributed by atoms with van der Waals surface area (Å²) >= 11 is 0. The molecule has 0 saturated carbocycles. The number of nitrogens with two attached hydrogens (primary N) is 1. The molecule has 3 aromatic rings. The summed E-state index contributed by atoms with van der Waals surface area (Å²) in [5, 5.41) is 1.10. The van der Waals surface area contributed by atoms with E-state index in [-0.39, 0.29) is 11.3 Å². The Morgan fingerprint density at radius 1 is 1.05 bits per heavy atom. The van der Waals surface area contributed by atoms with Crippen LogP contribution in [0.3, 0.4) is 0 Å². The van der Waals surface area contributed by atoms with E-state index in [0.29, 0.717) is 16.5 Å². The van der Waals surface area contributed by atoms with Crippen molar-refractivity contribution in [3.8, 4) is 5.69 Å². The average Bonchev–Trinajstić information content (AvgIpc) is 2.48. The Hall–Kier alpha value is -2.95. The maximum absolute atomic E-state index is 13.0. The van der Waals surface area contributed by atoms with Crippen LogP contribution in [-0.2, 0) is 0 Å². The lowest BCUT2D eigenvalue weighted by Gasteiger charge is -2.12. The highest BCUT2D eigenvalue weighted by Crippen LogP contribution is 2.16. The molecule has 21 heavy (non-hydrogen) atoms. The van der Waals surface area contributed by atoms with Crippen LogP contribution in [-0.4, -0.2) is 10.5 Å². The predicted molar refractivity (Wildman–Crippen MR) is 78.0 cm³/mol. The van der Waals surface area contributed by atoms with Crippen LogP contribution in [0, 0.1) is 5.82 Å². The maximum atomic E-state index is 13.0. The first kappa shape index (κ1) is 13.1. The molecule has 1 amide bonds. The fraction of sp³-hybridized carbons (Fsp3) is 0. The summed E-state index contributed by atoms with van der Waals surface area (Å²) in [4.78, 5) is 24.2. The van der Waals surface area contributed by atoms with Gasteiger partial charge in [-0.1, -0.05) is 18.2 Å². The number of hydrogen-bond donors (Lipinski definition) is 1. The van der Waals surface area contributed by atoms with Gasteiger partial charge < -0.3 is 5.73 Å². The number of amides is 1. The van der Waals surface area contributed by atoms with Crippen molar-refractivity contribution in [3.05, 3.63) is 76.5 Å². The fourth-order valence-corrected chi connectivity index (χ4v) is 2.29. The van der Waals surface area contributed by atoms with Crippen molar-refractivity contribution in [1.82, 2.24) is 4.57 Å². The normalized spacial score (nSPS) is 10.7. The van der Waals surface area contributed by atoms with Crippen LogP contribution in [0.15, 0.2) is 59.4 Å². The van der Waals surface area contributed by atoms with Gasteiger partial charge in [0, 0.05) is 11.1 Å². The lowest BCUT2D eigenvalue weighted by molar-refractivity contribution is 0.0993. The summed E-state index contributed by atoms with van der Waals surface area (Å²) in [5.41, 5.74) is 5.45. The Morgan fingerprint density at radius 2 is 1.71 bits per heavy atom. The SMILES string of the molecule is NC(=O)c1cc2ccccc2c(=O)n1-c1ccc(F)cc1. The largest absolute Gasteiger partial charge is 0.364 e. The highest BCUT2D eigenvalue weighted by molar-refractivity contribution is 5.96. The molecule has 0 aliphatic carbocycles. The average molecular weight is 282 g/mol. The molecule has 0 radical (unpaired) electrons. The van der Waals surface area contributed by atoms with Gasteiger partial charge in [0.05, 0.1) is 0 Å². The highest BCUT2D eigenvalue weighted by Gasteiger charge is 2.14. The third-order valence-electron chi connectivity index (χ3n) is 3.26. The van der Waals surface area contributed by atoms with Gasteiger partial charge in [0.25, 0.3) is 11.5 Å². The van der Waals surface area contributed by atoms with E-state index in [1.807, 2.05) is 0 Å². The molecule has 0 atom stereocenters. The second-order valence-corrected chi connectivity index (χ2v) is 4.60. The van der Waals surface area contributed by atoms with Crippen molar-refractivity contribution in [2.45, 2.75) is 0 Å². The number of carbonyl (C=O) groups is 1. The van der Waals surface area contributed by atoms with Gasteiger partial charge in [0.2, 0.25) is 0 Å². The predicted octanol–water partition coefficient (Wildman–Crippen LogP) is 2.23. The number of aromatic nitrogens is 1. The van der Waals surface area contributed by atoms with Crippen LogP contribution < -0.4 is 11.3 Å². The van der Waals surface area contributed by atoms with E-state index in [9.17, 15) is 14.0 Å². The number of hydrogen-bond acceptors (Lipinski definition) is 2. The summed E-state index contributed by atoms with van der Waals surface area (Å²) in [6.45, 7) is 0. The minimum atomic E-state index is -0.720. The van der Waals surface area contributed by atoms with Gasteiger partial charge >= 0.3 is 0 Å². The second-order valence-electron chi connectivity index (χ2n) is 4.60. The first-order valence-electron chi connectivity index (χ1n) is 6.28. The van der Waals surface area contributed by atoms with Crippen LogP contribution in [0.5, 0.6) is 0 Å². The Balaban J connectivity index is 2.42. The van der Waals surface area contributed by atoms with Crippen molar-refractivity contribution in [3.63, 3.8) is 0 Å². The van der Waals surface area contributed by atoms with Crippen LogP contribution >= 0.6 is 0 Å². The molecule has 1 heterocycles. The lowest BCUT2D eigenvalue weighted by atomic mass is 10.1. The molecule has 2 N–H and O–H groups in total. The molecule has 3 rings (SSSR count). The second kappa shape index (κ2) is 4.86. The molecule has 0 bridgehead atoms. The first-order valence-corrected chi connectivity index (χ1v) is 6.28. The van der Waals surface area contributed by atoms with E-state index < -0.39 is 11.7 Å². The molecule has 0 aliphatic heterocycles. The van der Waals surface area contributed by atoms with E-state index in [4.69, 9.17) is 5.73 Å². The van der Waals surface area contributed by atoms with Crippen molar-refractivity contribution in [1.29, 1.82) is 0 Å². The molecule has 0 aliphatic rings. The fourth-order valence-electron chi connectivity index (χ4n) is 2.29. The number of halogens is 1. The summed E-state index contributed by atoms with van der Waals surface area (Å²) in [7, 11) is 0. The molecule has 0 unspecified atom stereocenters. The number of benzene rings is 2. The molecule has 104 valence electrons. The van der Waals surface area contributed by atoms with Gasteiger partial charge in [-0.2, -0.15) is 0 Å². The topological polar surface area (TPSA) is 65.1 Å². The van der Waals surface area contributed by atoms with E-state index in [1.165, 1.54) is 28.8 Å². The van der Waals surface area contributed by atoms with Crippen LogP contribution in [0.1, 0.15) is 10.5 Å². The third-order valence-corrected chi connectivity index (χ3v) is 3.26. The number of primary amides is 1. The Bertz CT molecular complexity index is 898. The standard InChI is InChI=1S/C16H11FN2O2/c17-11-5-7-12(8-6-11)19-14(15(18)20)9-10-3-1-2-4-13(10)16(19)21/h1-9H,(H2,18,20). The molecule has 4 nitrogen and oxygen atoms in total. The molecule has 0 saturated heterocycles. The molecule has 2 aromatic carbocycles. The Labute approximate surface area is 119 Å². The van der Waals surface area contributed by atoms with Crippen LogP contribution in [0.2, 0.25) is 0 Å². The van der Waals surface area contributed by atoms with Gasteiger partial charge in [-0.25, -0.2) is 4.39 Å². The molecular weight excluding hydrogens is 271 g/mol. The molecule has 0 spiro atoms. The van der Waals surface area contributed by atoms with Gasteiger partial charge in [0.15, 0.2) is 0 Å². The smallest absolute Gasteiger partial charge is 0.265 e. The zero-order valence-electron chi connectivity index (χ0n) is 10.9. The molecule has 0 fully saturated rings. The molecule has 1 aromatic heterocycles. The number of rotatable bonds is 2. The van der Waals surface area contributed by atoms with E-state index in [2.05, 4.69) is 0 Å². The van der Waals surface area contributed by atoms with Crippen molar-refractivity contribution < 1.29 is 9.18 Å². The minimum absolute atomic E-state index is 0.0605. The Morgan fingerprint density at radius 3 is 2.38 bits per heavy atom. The van der Waals surface area contributed by atoms with Crippen molar-refractivity contribution in [2.75, 3.05) is 0 Å². The van der Waals surface area contributed by atoms with Crippen LogP contribution in [0.4, 0.5) is 4.39 Å². The first-order chi connectivity index (χ1) is 10.1. The van der Waals surface area contributed by atoms with Crippen molar-refractivity contribution in [2.24, 2.45) is 5.73 Å². The van der Waals surface area contributed by atoms with Crippen LogP contribution in [0.25, 0.3) is 16.5 Å². The highest BCUT2D eigenvalue weighted by atomic mass is 19.1. The van der Waals surface area contributed by atoms with E-state index >= 15 is 0 Å². The van der Waals surface area contributed by atoms with Crippen molar-refractivity contribution >= 4 is 16.7 Å². The minimum Gasteiger partial charge on any atom is -0.364 e. The molecule has 5 heteroatoms. The van der Waals surface area contributed by atoms with Gasteiger partial charge in [-0.3, -0.25) is 14.2 Å². The summed E-state index contributed by atoms with van der Waals surface area (Å²) < 4.78 is 14.2. The zero-order valence-corrected chi connectivity index (χ0v) is 10.9. The molecular formula is C16H11FN2O2. The van der Waals surface area contributed by atoms with Gasteiger partial charge in [-0.15, -0.1) is 0 Å². The number of nitrogens with zero attached hydrogens (tertiary/aromatic N) is 1. The lowest BCUT2D eigenvalue weighted by Crippen LogP contribution is -2.27. The zero-order chi connectivity index (χ0) is 15.0. The number of carbonyl (C=O) groups excluding carboxylic acids is 1. The van der Waals surface area contributed by atoms with E-state index in [1.54, 1.807) is 30.3 Å². The summed E-state index contributed by atoms with van der Waals surface area (Å²) in [6, 6.07) is 13.8. The third kappa shape index (κ3) is 2.18. The summed E-state index contributed by atoms with van der Waals surface area (Å²) in [5.74, 6) is -1.14. The Kier molecular flexibility index (Phi) is 3.02. The van der Waals surface area contributed by atoms with E-state index in [0.717, 1.165) is 0 Å². The summed E-state index contributed by atoms with van der Waals surface area (Å²) in [6.07, 6.45) is 0. The monoisotopic (exact) mass is 282 g/mol.